The summed E-state index contributed by atoms with van der Waals surface area (Å²) < 4.78 is 52.0. The molecule has 0 aromatic carbocycles. The molecule has 0 saturated carbocycles. The van der Waals surface area contributed by atoms with Crippen molar-refractivity contribution < 1.29 is 17.9 Å². The molecular weight excluding hydrogens is 413 g/mol. The fourth-order valence-electron chi connectivity index (χ4n) is 3.89. The van der Waals surface area contributed by atoms with Gasteiger partial charge < -0.3 is 15.0 Å². The third-order valence-electron chi connectivity index (χ3n) is 5.37. The van der Waals surface area contributed by atoms with Gasteiger partial charge in [0.2, 0.25) is 17.6 Å². The molecule has 1 saturated heterocycles. The zero-order chi connectivity index (χ0) is 21.8. The third kappa shape index (κ3) is 3.32. The summed E-state index contributed by atoms with van der Waals surface area (Å²) in [6.45, 7) is 0.148. The van der Waals surface area contributed by atoms with E-state index in [4.69, 9.17) is 4.74 Å². The van der Waals surface area contributed by atoms with Gasteiger partial charge in [-0.25, -0.2) is 27.7 Å². The van der Waals surface area contributed by atoms with Crippen molar-refractivity contribution in [1.82, 2.24) is 33.9 Å². The van der Waals surface area contributed by atoms with Gasteiger partial charge in [0.05, 0.1) is 31.5 Å². The Labute approximate surface area is 174 Å². The summed E-state index contributed by atoms with van der Waals surface area (Å²) >= 11 is 0. The average molecular weight is 432 g/mol. The molecule has 0 radical (unpaired) electrons. The molecule has 1 N–H and O–H groups in total. The summed E-state index contributed by atoms with van der Waals surface area (Å²) in [6.07, 6.45) is 7.82. The van der Waals surface area contributed by atoms with Crippen LogP contribution < -0.4 is 10.1 Å². The van der Waals surface area contributed by atoms with E-state index < -0.39 is 17.8 Å². The van der Waals surface area contributed by atoms with Crippen molar-refractivity contribution in [2.24, 2.45) is 0 Å². The van der Waals surface area contributed by atoms with Gasteiger partial charge in [0.15, 0.2) is 5.82 Å². The number of imidazole rings is 1. The van der Waals surface area contributed by atoms with E-state index in [1.165, 1.54) is 17.8 Å². The van der Waals surface area contributed by atoms with Gasteiger partial charge in [-0.1, -0.05) is 0 Å². The molecule has 4 aromatic rings. The van der Waals surface area contributed by atoms with Crippen molar-refractivity contribution in [3.05, 3.63) is 36.8 Å². The minimum atomic E-state index is -2.96. The number of anilines is 1. The number of rotatable bonds is 4. The van der Waals surface area contributed by atoms with Crippen molar-refractivity contribution in [2.45, 2.75) is 18.4 Å². The maximum Gasteiger partial charge on any atom is 0.280 e. The van der Waals surface area contributed by atoms with E-state index in [-0.39, 0.29) is 35.9 Å². The van der Waals surface area contributed by atoms with Gasteiger partial charge in [-0.05, 0) is 13.5 Å². The Balaban J connectivity index is 1.57. The quantitative estimate of drug-likeness (QED) is 0.530. The molecule has 12 heteroatoms. The van der Waals surface area contributed by atoms with Crippen LogP contribution in [-0.2, 0) is 0 Å². The highest BCUT2D eigenvalue weighted by Gasteiger charge is 2.44. The fourth-order valence-corrected chi connectivity index (χ4v) is 3.89. The van der Waals surface area contributed by atoms with Gasteiger partial charge in [-0.2, -0.15) is 4.98 Å². The molecule has 1 aliphatic heterocycles. The van der Waals surface area contributed by atoms with Crippen LogP contribution in [0.15, 0.2) is 31.0 Å². The first-order valence-electron chi connectivity index (χ1n) is 9.60. The van der Waals surface area contributed by atoms with Crippen molar-refractivity contribution >= 4 is 17.2 Å². The van der Waals surface area contributed by atoms with Crippen LogP contribution in [0.25, 0.3) is 22.4 Å². The molecule has 1 atom stereocenters. The maximum absolute atomic E-state index is 14.9. The molecule has 5 heterocycles. The second-order valence-corrected chi connectivity index (χ2v) is 7.55. The molecule has 0 amide bonds. The summed E-state index contributed by atoms with van der Waals surface area (Å²) in [7, 11) is 3.03. The highest BCUT2D eigenvalue weighted by molar-refractivity contribution is 5.84. The van der Waals surface area contributed by atoms with E-state index in [1.54, 1.807) is 34.9 Å². The summed E-state index contributed by atoms with van der Waals surface area (Å²) in [5.74, 6) is -3.07. The Bertz CT molecular complexity index is 1270. The lowest BCUT2D eigenvalue weighted by atomic mass is 10.0. The number of hydrogen-bond acceptors (Lipinski definition) is 7. The lowest BCUT2D eigenvalue weighted by Crippen LogP contribution is -2.53. The molecule has 0 unspecified atom stereocenters. The Morgan fingerprint density at radius 2 is 2.10 bits per heavy atom. The van der Waals surface area contributed by atoms with Gasteiger partial charge in [0.25, 0.3) is 5.92 Å². The van der Waals surface area contributed by atoms with E-state index >= 15 is 0 Å². The summed E-state index contributed by atoms with van der Waals surface area (Å²) in [5.41, 5.74) is 0.924. The van der Waals surface area contributed by atoms with Crippen LogP contribution in [0.3, 0.4) is 0 Å². The van der Waals surface area contributed by atoms with Crippen LogP contribution in [0.2, 0.25) is 0 Å². The highest BCUT2D eigenvalue weighted by atomic mass is 19.3. The zero-order valence-electron chi connectivity index (χ0n) is 16.8. The number of nitrogens with zero attached hydrogens (tertiary/aromatic N) is 7. The highest BCUT2D eigenvalue weighted by Crippen LogP contribution is 2.34. The Hall–Kier alpha value is -3.41. The van der Waals surface area contributed by atoms with E-state index in [0.29, 0.717) is 17.9 Å². The van der Waals surface area contributed by atoms with Gasteiger partial charge in [0.1, 0.15) is 5.52 Å². The van der Waals surface area contributed by atoms with Gasteiger partial charge in [0, 0.05) is 36.9 Å². The normalized spacial score (nSPS) is 19.2. The molecule has 0 bridgehead atoms. The van der Waals surface area contributed by atoms with Crippen molar-refractivity contribution in [3.8, 4) is 17.0 Å². The van der Waals surface area contributed by atoms with Crippen molar-refractivity contribution in [1.29, 1.82) is 0 Å². The number of fused-ring (bicyclic) bond motifs is 2. The van der Waals surface area contributed by atoms with Gasteiger partial charge in [-0.15, -0.1) is 5.10 Å². The summed E-state index contributed by atoms with van der Waals surface area (Å²) in [4.78, 5) is 14.1. The molecule has 1 fully saturated rings. The lowest BCUT2D eigenvalue weighted by Gasteiger charge is -2.36. The topological polar surface area (TPSA) is 84.9 Å². The molecule has 9 nitrogen and oxygen atoms in total. The first-order valence-corrected chi connectivity index (χ1v) is 9.60. The number of methoxy groups -OCH3 is 1. The summed E-state index contributed by atoms with van der Waals surface area (Å²) in [6, 6.07) is -1.14. The van der Waals surface area contributed by atoms with Gasteiger partial charge in [-0.3, -0.25) is 4.40 Å². The molecule has 4 aromatic heterocycles. The Morgan fingerprint density at radius 1 is 1.26 bits per heavy atom. The zero-order valence-corrected chi connectivity index (χ0v) is 16.8. The first kappa shape index (κ1) is 19.5. The van der Waals surface area contributed by atoms with Crippen molar-refractivity contribution in [3.63, 3.8) is 0 Å². The third-order valence-corrected chi connectivity index (χ3v) is 5.37. The van der Waals surface area contributed by atoms with Crippen LogP contribution in [0, 0.1) is 5.82 Å². The van der Waals surface area contributed by atoms with E-state index in [0.717, 1.165) is 6.20 Å². The average Bonchev–Trinajstić information content (AvgIpc) is 3.31. The number of piperidine rings is 1. The number of alkyl halides is 2. The van der Waals surface area contributed by atoms with Crippen molar-refractivity contribution in [2.75, 3.05) is 32.6 Å². The number of ether oxygens (including phenoxy) is 1. The molecular formula is C19H19F3N8O. The molecule has 5 rings (SSSR count). The van der Waals surface area contributed by atoms with Crippen LogP contribution in [0.5, 0.6) is 5.88 Å². The molecule has 1 aliphatic rings. The van der Waals surface area contributed by atoms with Crippen LogP contribution in [0.1, 0.15) is 6.42 Å². The SMILES string of the molecule is COc1nc(N[C@@H]2CCN(C)CC2(F)F)nn2cc(F)c(-c3cnc4nccn4c3)c12. The van der Waals surface area contributed by atoms with E-state index in [1.807, 2.05) is 0 Å². The predicted molar refractivity (Wildman–Crippen MR) is 106 cm³/mol. The number of hydrogen-bond donors (Lipinski definition) is 1. The van der Waals surface area contributed by atoms with Crippen LogP contribution in [-0.4, -0.2) is 73.1 Å². The number of halogens is 3. The smallest absolute Gasteiger partial charge is 0.280 e. The largest absolute Gasteiger partial charge is 0.479 e. The number of aromatic nitrogens is 6. The Kier molecular flexibility index (Phi) is 4.46. The van der Waals surface area contributed by atoms with Gasteiger partial charge >= 0.3 is 0 Å². The standard InChI is InChI=1S/C19H19F3N8O/c1-28-5-3-13(19(21,22)10-28)25-17-26-16(31-2)15-14(12(20)9-30(15)27-17)11-7-24-18-23-4-6-29(18)8-11/h4,6-9,13H,3,5,10H2,1-2H3,(H,25,27)/t13-/m1/s1. The van der Waals surface area contributed by atoms with E-state index in [9.17, 15) is 13.2 Å². The maximum atomic E-state index is 14.9. The fraction of sp³-hybridized carbons (Fsp3) is 0.368. The monoisotopic (exact) mass is 432 g/mol. The second-order valence-electron chi connectivity index (χ2n) is 7.55. The van der Waals surface area contributed by atoms with Crippen LogP contribution >= 0.6 is 0 Å². The Morgan fingerprint density at radius 3 is 2.87 bits per heavy atom. The van der Waals surface area contributed by atoms with E-state index in [2.05, 4.69) is 25.4 Å². The molecule has 0 spiro atoms. The number of likely N-dealkylation sites (tertiary alicyclic amines) is 1. The minimum absolute atomic E-state index is 0.0540. The molecule has 162 valence electrons. The minimum Gasteiger partial charge on any atom is -0.479 e. The number of nitrogens with one attached hydrogen (secondary N) is 1. The predicted octanol–water partition coefficient (Wildman–Crippen LogP) is 2.34. The van der Waals surface area contributed by atoms with Crippen LogP contribution in [0.4, 0.5) is 19.1 Å². The molecule has 31 heavy (non-hydrogen) atoms. The lowest BCUT2D eigenvalue weighted by molar-refractivity contribution is -0.0675. The summed E-state index contributed by atoms with van der Waals surface area (Å²) in [5, 5.41) is 6.91. The second kappa shape index (κ2) is 7.08. The molecule has 0 aliphatic carbocycles. The first-order chi connectivity index (χ1) is 14.9.